The highest BCUT2D eigenvalue weighted by Gasteiger charge is 2.72. The second-order valence-electron chi connectivity index (χ2n) is 3.44. The smallest absolute Gasteiger partial charge is 0.312 e. The maximum atomic E-state index is 11.1. The van der Waals surface area contributed by atoms with Gasteiger partial charge >= 0.3 is 5.97 Å². The van der Waals surface area contributed by atoms with Crippen LogP contribution in [-0.2, 0) is 14.3 Å². The van der Waals surface area contributed by atoms with E-state index in [1.54, 1.807) is 7.11 Å². The van der Waals surface area contributed by atoms with E-state index in [-0.39, 0.29) is 11.4 Å². The van der Waals surface area contributed by atoms with Crippen LogP contribution >= 0.6 is 0 Å². The summed E-state index contributed by atoms with van der Waals surface area (Å²) in [4.78, 5) is 11.1. The summed E-state index contributed by atoms with van der Waals surface area (Å²) in [6, 6.07) is 0. The minimum absolute atomic E-state index is 0.0456. The number of hydrogen-bond donors (Lipinski definition) is 0. The van der Waals surface area contributed by atoms with E-state index in [2.05, 4.69) is 0 Å². The molecule has 2 fully saturated rings. The summed E-state index contributed by atoms with van der Waals surface area (Å²) in [5, 5.41) is 0. The molecule has 0 aromatic rings. The monoisotopic (exact) mass is 156 g/mol. The molecule has 0 saturated heterocycles. The van der Waals surface area contributed by atoms with Crippen molar-refractivity contribution in [3.05, 3.63) is 0 Å². The number of esters is 1. The maximum absolute atomic E-state index is 11.1. The van der Waals surface area contributed by atoms with Crippen molar-refractivity contribution in [2.45, 2.75) is 18.9 Å². The van der Waals surface area contributed by atoms with E-state index >= 15 is 0 Å². The molecule has 3 atom stereocenters. The van der Waals surface area contributed by atoms with Crippen LogP contribution in [-0.4, -0.2) is 26.3 Å². The van der Waals surface area contributed by atoms with E-state index in [0.29, 0.717) is 12.0 Å². The molecule has 0 bridgehead atoms. The van der Waals surface area contributed by atoms with Crippen LogP contribution in [0.5, 0.6) is 0 Å². The first-order chi connectivity index (χ1) is 5.24. The van der Waals surface area contributed by atoms with E-state index < -0.39 is 0 Å². The van der Waals surface area contributed by atoms with Gasteiger partial charge in [0.05, 0.1) is 18.6 Å². The number of hydrogen-bond acceptors (Lipinski definition) is 3. The van der Waals surface area contributed by atoms with Crippen molar-refractivity contribution in [3.8, 4) is 0 Å². The summed E-state index contributed by atoms with van der Waals surface area (Å²) in [6.07, 6.45) is 2.15. The molecule has 11 heavy (non-hydrogen) atoms. The predicted octanol–water partition coefficient (Wildman–Crippen LogP) is 0.584. The lowest BCUT2D eigenvalue weighted by Gasteiger charge is -2.30. The van der Waals surface area contributed by atoms with Crippen LogP contribution in [0, 0.1) is 11.3 Å². The number of carbonyl (C=O) groups is 1. The van der Waals surface area contributed by atoms with Crippen LogP contribution in [0.1, 0.15) is 12.8 Å². The fourth-order valence-corrected chi connectivity index (χ4v) is 2.17. The average Bonchev–Trinajstić information content (AvgIpc) is 2.58. The Morgan fingerprint density at radius 1 is 1.45 bits per heavy atom. The quantitative estimate of drug-likeness (QED) is 0.549. The fourth-order valence-electron chi connectivity index (χ4n) is 2.17. The highest BCUT2D eigenvalue weighted by atomic mass is 16.5. The third kappa shape index (κ3) is 0.692. The standard InChI is InChI=1S/C8H12O3/c1-10-6-4-8(3-5(6)8)7(9)11-2/h5-6H,3-4H2,1-2H3/t5-,6+,8-/m1/s1. The van der Waals surface area contributed by atoms with E-state index in [1.165, 1.54) is 7.11 Å². The highest BCUT2D eigenvalue weighted by molar-refractivity contribution is 5.82. The van der Waals surface area contributed by atoms with Crippen molar-refractivity contribution >= 4 is 5.97 Å². The summed E-state index contributed by atoms with van der Waals surface area (Å²) in [5.41, 5.74) is -0.116. The first-order valence-electron chi connectivity index (χ1n) is 3.86. The van der Waals surface area contributed by atoms with Gasteiger partial charge in [0.1, 0.15) is 0 Å². The molecule has 0 radical (unpaired) electrons. The van der Waals surface area contributed by atoms with Gasteiger partial charge in [-0.2, -0.15) is 0 Å². The molecule has 0 aromatic carbocycles. The SMILES string of the molecule is COC(=O)[C@]12C[C@H](OC)[C@H]1C2. The Bertz CT molecular complexity index is 202. The minimum atomic E-state index is -0.116. The molecular weight excluding hydrogens is 144 g/mol. The number of methoxy groups -OCH3 is 2. The Morgan fingerprint density at radius 3 is 2.64 bits per heavy atom. The van der Waals surface area contributed by atoms with Gasteiger partial charge in [-0.25, -0.2) is 0 Å². The minimum Gasteiger partial charge on any atom is -0.469 e. The molecule has 0 aliphatic heterocycles. The molecule has 0 aromatic heterocycles. The lowest BCUT2D eigenvalue weighted by molar-refractivity contribution is -0.155. The van der Waals surface area contributed by atoms with E-state index in [9.17, 15) is 4.79 Å². The van der Waals surface area contributed by atoms with Crippen LogP contribution in [0.3, 0.4) is 0 Å². The Morgan fingerprint density at radius 2 is 2.18 bits per heavy atom. The van der Waals surface area contributed by atoms with Crippen molar-refractivity contribution in [3.63, 3.8) is 0 Å². The molecule has 3 heteroatoms. The first-order valence-corrected chi connectivity index (χ1v) is 3.86. The molecule has 0 heterocycles. The Hall–Kier alpha value is -0.570. The zero-order chi connectivity index (χ0) is 8.06. The molecule has 2 aliphatic rings. The van der Waals surface area contributed by atoms with E-state index in [4.69, 9.17) is 9.47 Å². The third-order valence-electron chi connectivity index (χ3n) is 3.04. The molecule has 3 nitrogen and oxygen atoms in total. The van der Waals surface area contributed by atoms with Gasteiger partial charge in [-0.15, -0.1) is 0 Å². The van der Waals surface area contributed by atoms with Gasteiger partial charge in [0.25, 0.3) is 0 Å². The maximum Gasteiger partial charge on any atom is 0.312 e. The van der Waals surface area contributed by atoms with Gasteiger partial charge in [-0.05, 0) is 12.8 Å². The van der Waals surface area contributed by atoms with Gasteiger partial charge < -0.3 is 9.47 Å². The summed E-state index contributed by atoms with van der Waals surface area (Å²) < 4.78 is 9.85. The average molecular weight is 156 g/mol. The van der Waals surface area contributed by atoms with Crippen molar-refractivity contribution < 1.29 is 14.3 Å². The molecular formula is C8H12O3. The largest absolute Gasteiger partial charge is 0.469 e. The second kappa shape index (κ2) is 1.97. The van der Waals surface area contributed by atoms with E-state index in [0.717, 1.165) is 12.8 Å². The Balaban J connectivity index is 1.97. The first kappa shape index (κ1) is 7.10. The van der Waals surface area contributed by atoms with Gasteiger partial charge in [0, 0.05) is 13.0 Å². The van der Waals surface area contributed by atoms with Crippen LogP contribution in [0.2, 0.25) is 0 Å². The fraction of sp³-hybridized carbons (Fsp3) is 0.875. The normalized spacial score (nSPS) is 45.6. The topological polar surface area (TPSA) is 35.5 Å². The van der Waals surface area contributed by atoms with Crippen molar-refractivity contribution in [2.24, 2.45) is 11.3 Å². The van der Waals surface area contributed by atoms with Crippen LogP contribution in [0.25, 0.3) is 0 Å². The highest BCUT2D eigenvalue weighted by Crippen LogP contribution is 2.68. The summed E-state index contributed by atoms with van der Waals surface area (Å²) >= 11 is 0. The molecule has 62 valence electrons. The predicted molar refractivity (Wildman–Crippen MR) is 38.0 cm³/mol. The number of carbonyl (C=O) groups excluding carboxylic acids is 1. The third-order valence-corrected chi connectivity index (χ3v) is 3.04. The van der Waals surface area contributed by atoms with Crippen molar-refractivity contribution in [1.29, 1.82) is 0 Å². The summed E-state index contributed by atoms with van der Waals surface area (Å²) in [6.45, 7) is 0. The Kier molecular flexibility index (Phi) is 1.27. The molecule has 2 saturated carbocycles. The number of fused-ring (bicyclic) bond motifs is 1. The van der Waals surface area contributed by atoms with Gasteiger partial charge in [-0.1, -0.05) is 0 Å². The second-order valence-corrected chi connectivity index (χ2v) is 3.44. The molecule has 0 amide bonds. The van der Waals surface area contributed by atoms with Gasteiger partial charge in [0.2, 0.25) is 0 Å². The van der Waals surface area contributed by atoms with Crippen molar-refractivity contribution in [2.75, 3.05) is 14.2 Å². The molecule has 2 rings (SSSR count). The summed E-state index contributed by atoms with van der Waals surface area (Å²) in [5.74, 6) is 0.413. The summed E-state index contributed by atoms with van der Waals surface area (Å²) in [7, 11) is 3.15. The molecule has 0 unspecified atom stereocenters. The lowest BCUT2D eigenvalue weighted by atomic mass is 9.82. The lowest BCUT2D eigenvalue weighted by Crippen LogP contribution is -2.38. The van der Waals surface area contributed by atoms with Crippen molar-refractivity contribution in [1.82, 2.24) is 0 Å². The number of ether oxygens (including phenoxy) is 2. The molecule has 0 spiro atoms. The zero-order valence-corrected chi connectivity index (χ0v) is 6.79. The Labute approximate surface area is 65.7 Å². The zero-order valence-electron chi connectivity index (χ0n) is 6.79. The van der Waals surface area contributed by atoms with E-state index in [1.807, 2.05) is 0 Å². The van der Waals surface area contributed by atoms with Crippen LogP contribution in [0.15, 0.2) is 0 Å². The molecule has 0 N–H and O–H groups in total. The number of rotatable bonds is 2. The van der Waals surface area contributed by atoms with Gasteiger partial charge in [-0.3, -0.25) is 4.79 Å². The van der Waals surface area contributed by atoms with Crippen LogP contribution < -0.4 is 0 Å². The van der Waals surface area contributed by atoms with Gasteiger partial charge in [0.15, 0.2) is 0 Å². The molecule has 2 aliphatic carbocycles. The van der Waals surface area contributed by atoms with Crippen LogP contribution in [0.4, 0.5) is 0 Å².